The molecule has 0 bridgehead atoms. The van der Waals surface area contributed by atoms with Crippen molar-refractivity contribution in [1.29, 1.82) is 0 Å². The van der Waals surface area contributed by atoms with E-state index in [1.807, 2.05) is 18.7 Å². The quantitative estimate of drug-likeness (QED) is 0.638. The second-order valence-electron chi connectivity index (χ2n) is 5.00. The van der Waals surface area contributed by atoms with Crippen LogP contribution in [0.4, 0.5) is 5.82 Å². The molecule has 1 N–H and O–H groups in total. The first kappa shape index (κ1) is 16.8. The molecule has 1 aromatic carbocycles. The van der Waals surface area contributed by atoms with E-state index in [0.29, 0.717) is 5.37 Å². The fraction of sp³-hybridized carbons (Fsp3) is 0.267. The Morgan fingerprint density at radius 1 is 1.23 bits per heavy atom. The van der Waals surface area contributed by atoms with Crippen LogP contribution >= 0.6 is 11.8 Å². The van der Waals surface area contributed by atoms with Gasteiger partial charge in [-0.05, 0) is 38.1 Å². The van der Waals surface area contributed by atoms with Crippen LogP contribution in [0.3, 0.4) is 0 Å². The molecule has 22 heavy (non-hydrogen) atoms. The lowest BCUT2D eigenvalue weighted by atomic mass is 10.2. The smallest absolute Gasteiger partial charge is 0.289 e. The van der Waals surface area contributed by atoms with Gasteiger partial charge in [-0.3, -0.25) is 5.32 Å². The van der Waals surface area contributed by atoms with Gasteiger partial charge in [0.25, 0.3) is 5.82 Å². The minimum atomic E-state index is -4.27. The van der Waals surface area contributed by atoms with Crippen molar-refractivity contribution >= 4 is 27.7 Å². The van der Waals surface area contributed by atoms with Gasteiger partial charge in [0.1, 0.15) is 20.4 Å². The molecule has 7 heteroatoms. The predicted octanol–water partition coefficient (Wildman–Crippen LogP) is 2.27. The van der Waals surface area contributed by atoms with Crippen LogP contribution in [0.5, 0.6) is 0 Å². The lowest BCUT2D eigenvalue weighted by Crippen LogP contribution is -2.31. The van der Waals surface area contributed by atoms with Crippen LogP contribution in [-0.4, -0.2) is 18.3 Å². The highest BCUT2D eigenvalue weighted by atomic mass is 32.2. The zero-order chi connectivity index (χ0) is 16.3. The average molecular weight is 338 g/mol. The maximum absolute atomic E-state index is 10.4. The van der Waals surface area contributed by atoms with Crippen LogP contribution in [-0.2, 0) is 17.2 Å². The Hall–Kier alpha value is -1.57. The van der Waals surface area contributed by atoms with Gasteiger partial charge in [0.05, 0.1) is 18.1 Å². The standard InChI is InChI=1S/C8H10N2S.C7H8O3S/c1-6-9-8-7(11-6)4-3-5-10(8)2;1-6-2-4-7(5-3-6)11(8,9)10/h3-6H,1-2H3;2-5H,1H3,(H,8,9,10). The Morgan fingerprint density at radius 2 is 1.86 bits per heavy atom. The van der Waals surface area contributed by atoms with Crippen LogP contribution in [0, 0.1) is 6.92 Å². The molecule has 2 aromatic rings. The molecule has 2 heterocycles. The van der Waals surface area contributed by atoms with E-state index in [4.69, 9.17) is 0 Å². The number of aromatic nitrogens is 1. The van der Waals surface area contributed by atoms with Crippen LogP contribution in [0.1, 0.15) is 12.5 Å². The third-order valence-electron chi connectivity index (χ3n) is 3.10. The van der Waals surface area contributed by atoms with Gasteiger partial charge in [0.2, 0.25) is 0 Å². The Balaban J connectivity index is 0.000000160. The molecule has 1 aliphatic heterocycles. The summed E-state index contributed by atoms with van der Waals surface area (Å²) in [6, 6.07) is 10.0. The van der Waals surface area contributed by atoms with E-state index in [1.54, 1.807) is 12.1 Å². The molecule has 1 atom stereocenters. The molecule has 5 nitrogen and oxygen atoms in total. The molecular formula is C15H18N2O3S2. The van der Waals surface area contributed by atoms with Crippen LogP contribution in [0.2, 0.25) is 0 Å². The molecule has 0 saturated heterocycles. The number of anilines is 1. The molecule has 1 aromatic heterocycles. The SMILES string of the molecule is CC1Nc2c(ccc[n+]2C)S1.Cc1ccc(S(=O)(=O)[O-])cc1. The topological polar surface area (TPSA) is 73.1 Å². The number of nitrogens with zero attached hydrogens (tertiary/aromatic N) is 1. The van der Waals surface area contributed by atoms with E-state index in [9.17, 15) is 13.0 Å². The summed E-state index contributed by atoms with van der Waals surface area (Å²) in [6.45, 7) is 3.99. The van der Waals surface area contributed by atoms with Crippen LogP contribution < -0.4 is 9.88 Å². The van der Waals surface area contributed by atoms with Gasteiger partial charge in [-0.2, -0.15) is 0 Å². The first-order valence-electron chi connectivity index (χ1n) is 6.72. The molecule has 0 saturated carbocycles. The summed E-state index contributed by atoms with van der Waals surface area (Å²) >= 11 is 1.87. The van der Waals surface area contributed by atoms with Gasteiger partial charge in [0, 0.05) is 0 Å². The van der Waals surface area contributed by atoms with Gasteiger partial charge >= 0.3 is 0 Å². The van der Waals surface area contributed by atoms with Gasteiger partial charge in [0.15, 0.2) is 0 Å². The Labute approximate surface area is 135 Å². The fourth-order valence-electron chi connectivity index (χ4n) is 1.97. The van der Waals surface area contributed by atoms with Crippen molar-refractivity contribution in [3.05, 3.63) is 48.2 Å². The summed E-state index contributed by atoms with van der Waals surface area (Å²) in [7, 11) is -2.21. The average Bonchev–Trinajstić information content (AvgIpc) is 2.81. The van der Waals surface area contributed by atoms with Gasteiger partial charge in [-0.15, -0.1) is 0 Å². The number of hydrogen-bond acceptors (Lipinski definition) is 5. The van der Waals surface area contributed by atoms with Gasteiger partial charge in [-0.1, -0.05) is 29.5 Å². The zero-order valence-electron chi connectivity index (χ0n) is 12.6. The second-order valence-corrected chi connectivity index (χ2v) is 7.77. The van der Waals surface area contributed by atoms with E-state index in [1.165, 1.54) is 22.8 Å². The number of pyridine rings is 1. The van der Waals surface area contributed by atoms with Gasteiger partial charge < -0.3 is 4.55 Å². The monoisotopic (exact) mass is 338 g/mol. The molecule has 0 fully saturated rings. The van der Waals surface area contributed by atoms with E-state index in [2.05, 4.69) is 42.2 Å². The molecule has 118 valence electrons. The number of nitrogens with one attached hydrogen (secondary N) is 1. The Morgan fingerprint density at radius 3 is 2.41 bits per heavy atom. The van der Waals surface area contributed by atoms with Crippen molar-refractivity contribution < 1.29 is 17.5 Å². The highest BCUT2D eigenvalue weighted by Crippen LogP contribution is 2.34. The molecule has 1 unspecified atom stereocenters. The number of thioether (sulfide) groups is 1. The third kappa shape index (κ3) is 4.22. The first-order chi connectivity index (χ1) is 10.3. The second kappa shape index (κ2) is 6.68. The van der Waals surface area contributed by atoms with Crippen molar-refractivity contribution in [3.63, 3.8) is 0 Å². The normalized spacial score (nSPS) is 16.3. The first-order valence-corrected chi connectivity index (χ1v) is 9.00. The van der Waals surface area contributed by atoms with Crippen molar-refractivity contribution in [1.82, 2.24) is 0 Å². The Bertz CT molecular complexity index is 759. The number of aryl methyl sites for hydroxylation is 2. The summed E-state index contributed by atoms with van der Waals surface area (Å²) in [4.78, 5) is 1.17. The van der Waals surface area contributed by atoms with Crippen LogP contribution in [0.25, 0.3) is 0 Å². The molecule has 0 spiro atoms. The van der Waals surface area contributed by atoms with Crippen molar-refractivity contribution in [2.75, 3.05) is 5.32 Å². The highest BCUT2D eigenvalue weighted by Gasteiger charge is 2.25. The van der Waals surface area contributed by atoms with E-state index in [-0.39, 0.29) is 4.90 Å². The summed E-state index contributed by atoms with van der Waals surface area (Å²) in [5, 5.41) is 3.90. The van der Waals surface area contributed by atoms with Crippen molar-refractivity contribution in [2.24, 2.45) is 7.05 Å². The summed E-state index contributed by atoms with van der Waals surface area (Å²) < 4.78 is 33.3. The van der Waals surface area contributed by atoms with E-state index >= 15 is 0 Å². The summed E-state index contributed by atoms with van der Waals surface area (Å²) in [6.07, 6.45) is 2.06. The molecule has 1 aliphatic rings. The maximum atomic E-state index is 10.4. The highest BCUT2D eigenvalue weighted by molar-refractivity contribution is 8.00. The molecule has 0 aliphatic carbocycles. The molecule has 0 amide bonds. The number of rotatable bonds is 1. The minimum absolute atomic E-state index is 0.178. The van der Waals surface area contributed by atoms with Gasteiger partial charge in [-0.25, -0.2) is 13.0 Å². The molecular weight excluding hydrogens is 320 g/mol. The van der Waals surface area contributed by atoms with Crippen LogP contribution in [0.15, 0.2) is 52.4 Å². The largest absolute Gasteiger partial charge is 0.744 e. The summed E-state index contributed by atoms with van der Waals surface area (Å²) in [5.74, 6) is 1.24. The fourth-order valence-corrected chi connectivity index (χ4v) is 3.46. The number of hydrogen-bond donors (Lipinski definition) is 1. The lowest BCUT2D eigenvalue weighted by Gasteiger charge is -2.05. The van der Waals surface area contributed by atoms with Crippen molar-refractivity contribution in [3.8, 4) is 0 Å². The van der Waals surface area contributed by atoms with E-state index < -0.39 is 10.1 Å². The zero-order valence-corrected chi connectivity index (χ0v) is 14.2. The Kier molecular flexibility index (Phi) is 5.10. The molecule has 3 rings (SSSR count). The minimum Gasteiger partial charge on any atom is -0.744 e. The number of benzene rings is 1. The maximum Gasteiger partial charge on any atom is 0.289 e. The predicted molar refractivity (Wildman–Crippen MR) is 85.7 cm³/mol. The lowest BCUT2D eigenvalue weighted by molar-refractivity contribution is -0.658. The molecule has 0 radical (unpaired) electrons. The van der Waals surface area contributed by atoms with Crippen molar-refractivity contribution in [2.45, 2.75) is 29.0 Å². The number of fused-ring (bicyclic) bond motifs is 1. The van der Waals surface area contributed by atoms with E-state index in [0.717, 1.165) is 5.56 Å². The summed E-state index contributed by atoms with van der Waals surface area (Å²) in [5.41, 5.74) is 0.928. The third-order valence-corrected chi connectivity index (χ3v) is 5.00.